The largest absolute Gasteiger partial charge is 0.502 e. The Balaban J connectivity index is 2.91. The average Bonchev–Trinajstić information content (AvgIpc) is 1.94. The van der Waals surface area contributed by atoms with Gasteiger partial charge in [-0.1, -0.05) is 0 Å². The van der Waals surface area contributed by atoms with Crippen LogP contribution in [0.25, 0.3) is 0 Å². The maximum Gasteiger partial charge on any atom is 0.299 e. The Bertz CT molecular complexity index is 238. The summed E-state index contributed by atoms with van der Waals surface area (Å²) in [5.74, 6) is -0.389. The highest BCUT2D eigenvalue weighted by atomic mass is 16.5. The van der Waals surface area contributed by atoms with Gasteiger partial charge in [0.1, 0.15) is 6.33 Å². The van der Waals surface area contributed by atoms with E-state index in [2.05, 4.69) is 14.7 Å². The standard InChI is InChI=1S/C5H4N2O3/c8-3-10-5-4(9)1-6-2-7-5/h1-3,9H. The fourth-order valence-electron chi connectivity index (χ4n) is 0.447. The van der Waals surface area contributed by atoms with Crippen molar-refractivity contribution < 1.29 is 14.6 Å². The highest BCUT2D eigenvalue weighted by molar-refractivity contribution is 5.45. The van der Waals surface area contributed by atoms with Crippen LogP contribution in [-0.2, 0) is 4.79 Å². The van der Waals surface area contributed by atoms with E-state index in [9.17, 15) is 4.79 Å². The molecule has 0 fully saturated rings. The number of ether oxygens (including phenoxy) is 1. The van der Waals surface area contributed by atoms with Crippen molar-refractivity contribution in [2.75, 3.05) is 0 Å². The summed E-state index contributed by atoms with van der Waals surface area (Å²) < 4.78 is 4.25. The Labute approximate surface area is 56.3 Å². The maximum atomic E-state index is 9.73. The molecule has 1 rings (SSSR count). The predicted molar refractivity (Wildman–Crippen MR) is 30.4 cm³/mol. The molecule has 5 nitrogen and oxygen atoms in total. The van der Waals surface area contributed by atoms with Gasteiger partial charge in [0.05, 0.1) is 6.20 Å². The second kappa shape index (κ2) is 2.77. The van der Waals surface area contributed by atoms with Crippen molar-refractivity contribution in [3.05, 3.63) is 12.5 Å². The lowest BCUT2D eigenvalue weighted by Crippen LogP contribution is -1.92. The van der Waals surface area contributed by atoms with Gasteiger partial charge in [-0.3, -0.25) is 4.79 Å². The number of hydrogen-bond acceptors (Lipinski definition) is 5. The fraction of sp³-hybridized carbons (Fsp3) is 0. The normalized spacial score (nSPS) is 8.80. The Morgan fingerprint density at radius 1 is 1.70 bits per heavy atom. The van der Waals surface area contributed by atoms with E-state index in [0.29, 0.717) is 0 Å². The first kappa shape index (κ1) is 6.47. The molecule has 0 amide bonds. The zero-order chi connectivity index (χ0) is 7.40. The van der Waals surface area contributed by atoms with Crippen LogP contribution in [0.4, 0.5) is 0 Å². The first-order valence-corrected chi connectivity index (χ1v) is 2.44. The molecule has 0 aromatic carbocycles. The minimum absolute atomic E-state index is 0.134. The number of carbonyl (C=O) groups is 1. The Kier molecular flexibility index (Phi) is 1.79. The second-order valence-corrected chi connectivity index (χ2v) is 1.43. The van der Waals surface area contributed by atoms with Gasteiger partial charge in [0.15, 0.2) is 5.75 Å². The molecule has 1 aromatic heterocycles. The van der Waals surface area contributed by atoms with Crippen LogP contribution in [0.1, 0.15) is 0 Å². The fourth-order valence-corrected chi connectivity index (χ4v) is 0.447. The highest BCUT2D eigenvalue weighted by Crippen LogP contribution is 2.18. The van der Waals surface area contributed by atoms with Crippen molar-refractivity contribution in [1.29, 1.82) is 0 Å². The van der Waals surface area contributed by atoms with Gasteiger partial charge < -0.3 is 9.84 Å². The summed E-state index contributed by atoms with van der Waals surface area (Å²) in [7, 11) is 0. The lowest BCUT2D eigenvalue weighted by atomic mass is 10.6. The van der Waals surface area contributed by atoms with E-state index < -0.39 is 0 Å². The van der Waals surface area contributed by atoms with Crippen LogP contribution in [-0.4, -0.2) is 21.5 Å². The molecule has 0 aliphatic carbocycles. The van der Waals surface area contributed by atoms with E-state index in [1.165, 1.54) is 6.33 Å². The Hall–Kier alpha value is -1.65. The molecule has 5 heteroatoms. The molecule has 0 saturated carbocycles. The predicted octanol–water partition coefficient (Wildman–Crippen LogP) is -0.283. The van der Waals surface area contributed by atoms with Crippen LogP contribution in [0.3, 0.4) is 0 Å². The molecule has 1 aromatic rings. The molecule has 1 N–H and O–H groups in total. The first-order chi connectivity index (χ1) is 4.84. The smallest absolute Gasteiger partial charge is 0.299 e. The van der Waals surface area contributed by atoms with Gasteiger partial charge in [0.25, 0.3) is 12.4 Å². The number of hydrogen-bond donors (Lipinski definition) is 1. The van der Waals surface area contributed by atoms with E-state index >= 15 is 0 Å². The first-order valence-electron chi connectivity index (χ1n) is 2.44. The molecule has 0 spiro atoms. The summed E-state index contributed by atoms with van der Waals surface area (Å²) >= 11 is 0. The maximum absolute atomic E-state index is 9.73. The van der Waals surface area contributed by atoms with Crippen LogP contribution >= 0.6 is 0 Å². The van der Waals surface area contributed by atoms with Crippen LogP contribution in [0, 0.1) is 0 Å². The van der Waals surface area contributed by atoms with Gasteiger partial charge in [0, 0.05) is 0 Å². The average molecular weight is 140 g/mol. The molecule has 52 valence electrons. The summed E-state index contributed by atoms with van der Waals surface area (Å²) in [6.07, 6.45) is 2.30. The Morgan fingerprint density at radius 3 is 3.10 bits per heavy atom. The monoisotopic (exact) mass is 140 g/mol. The molecule has 0 aliphatic heterocycles. The van der Waals surface area contributed by atoms with Crippen molar-refractivity contribution in [3.63, 3.8) is 0 Å². The highest BCUT2D eigenvalue weighted by Gasteiger charge is 2.00. The molecule has 0 saturated heterocycles. The van der Waals surface area contributed by atoms with Gasteiger partial charge in [0.2, 0.25) is 0 Å². The van der Waals surface area contributed by atoms with Crippen molar-refractivity contribution in [1.82, 2.24) is 9.97 Å². The van der Waals surface area contributed by atoms with Crippen LogP contribution in [0.5, 0.6) is 11.6 Å². The minimum Gasteiger partial charge on any atom is -0.502 e. The third kappa shape index (κ3) is 1.19. The minimum atomic E-state index is -0.255. The van der Waals surface area contributed by atoms with E-state index in [1.54, 1.807) is 0 Å². The molecule has 0 unspecified atom stereocenters. The van der Waals surface area contributed by atoms with E-state index in [0.717, 1.165) is 6.20 Å². The summed E-state index contributed by atoms with van der Waals surface area (Å²) in [5, 5.41) is 8.83. The molecule has 0 atom stereocenters. The van der Waals surface area contributed by atoms with Crippen molar-refractivity contribution in [3.8, 4) is 11.6 Å². The summed E-state index contributed by atoms with van der Waals surface area (Å²) in [5.41, 5.74) is 0. The van der Waals surface area contributed by atoms with Crippen molar-refractivity contribution >= 4 is 6.47 Å². The van der Waals surface area contributed by atoms with Gasteiger partial charge >= 0.3 is 0 Å². The number of aromatic hydroxyl groups is 1. The zero-order valence-electron chi connectivity index (χ0n) is 4.89. The van der Waals surface area contributed by atoms with Crippen LogP contribution < -0.4 is 4.74 Å². The van der Waals surface area contributed by atoms with E-state index in [-0.39, 0.29) is 18.1 Å². The zero-order valence-corrected chi connectivity index (χ0v) is 4.89. The summed E-state index contributed by atoms with van der Waals surface area (Å²) in [6, 6.07) is 0. The summed E-state index contributed by atoms with van der Waals surface area (Å²) in [4.78, 5) is 16.7. The SMILES string of the molecule is O=COc1ncncc1O. The summed E-state index contributed by atoms with van der Waals surface area (Å²) in [6.45, 7) is 0.183. The number of aromatic nitrogens is 2. The van der Waals surface area contributed by atoms with Crippen LogP contribution in [0.15, 0.2) is 12.5 Å². The van der Waals surface area contributed by atoms with Gasteiger partial charge in [-0.25, -0.2) is 4.98 Å². The van der Waals surface area contributed by atoms with Gasteiger partial charge in [-0.05, 0) is 0 Å². The second-order valence-electron chi connectivity index (χ2n) is 1.43. The van der Waals surface area contributed by atoms with Gasteiger partial charge in [-0.15, -0.1) is 0 Å². The number of carbonyl (C=O) groups excluding carboxylic acids is 1. The molecule has 0 bridgehead atoms. The molecule has 1 heterocycles. The third-order valence-corrected chi connectivity index (χ3v) is 0.817. The van der Waals surface area contributed by atoms with E-state index in [1.807, 2.05) is 0 Å². The molecular weight excluding hydrogens is 136 g/mol. The molecule has 0 aliphatic rings. The number of nitrogens with zero attached hydrogens (tertiary/aromatic N) is 2. The quantitative estimate of drug-likeness (QED) is 0.572. The lowest BCUT2D eigenvalue weighted by Gasteiger charge is -1.95. The molecular formula is C5H4N2O3. The Morgan fingerprint density at radius 2 is 2.50 bits per heavy atom. The third-order valence-electron chi connectivity index (χ3n) is 0.817. The lowest BCUT2D eigenvalue weighted by molar-refractivity contribution is -0.121. The number of rotatable bonds is 2. The van der Waals surface area contributed by atoms with Crippen molar-refractivity contribution in [2.45, 2.75) is 0 Å². The topological polar surface area (TPSA) is 72.3 Å². The van der Waals surface area contributed by atoms with E-state index in [4.69, 9.17) is 5.11 Å². The molecule has 0 radical (unpaired) electrons. The van der Waals surface area contributed by atoms with Crippen molar-refractivity contribution in [2.24, 2.45) is 0 Å². The molecule has 10 heavy (non-hydrogen) atoms. The van der Waals surface area contributed by atoms with Gasteiger partial charge in [-0.2, -0.15) is 4.98 Å². The van der Waals surface area contributed by atoms with Crippen LogP contribution in [0.2, 0.25) is 0 Å².